The van der Waals surface area contributed by atoms with Crippen LogP contribution in [-0.2, 0) is 9.53 Å². The van der Waals surface area contributed by atoms with Crippen LogP contribution in [0.2, 0.25) is 0 Å². The Labute approximate surface area is 84.4 Å². The van der Waals surface area contributed by atoms with Gasteiger partial charge in [-0.1, -0.05) is 0 Å². The quantitative estimate of drug-likeness (QED) is 0.700. The van der Waals surface area contributed by atoms with Gasteiger partial charge in [-0.15, -0.1) is 0 Å². The lowest BCUT2D eigenvalue weighted by Crippen LogP contribution is -2.41. The summed E-state index contributed by atoms with van der Waals surface area (Å²) in [4.78, 5) is 13.6. The van der Waals surface area contributed by atoms with Gasteiger partial charge in [0.1, 0.15) is 0 Å². The normalized spacial score (nSPS) is 24.8. The van der Waals surface area contributed by atoms with E-state index in [1.54, 1.807) is 0 Å². The summed E-state index contributed by atoms with van der Waals surface area (Å²) in [6, 6.07) is 0. The SMILES string of the molecule is NC1(CCC(=O)N2CCOCC2)CC1. The zero-order valence-corrected chi connectivity index (χ0v) is 8.50. The van der Waals surface area contributed by atoms with Gasteiger partial charge in [-0.3, -0.25) is 4.79 Å². The van der Waals surface area contributed by atoms with E-state index in [-0.39, 0.29) is 11.4 Å². The molecule has 0 spiro atoms. The van der Waals surface area contributed by atoms with Gasteiger partial charge < -0.3 is 15.4 Å². The van der Waals surface area contributed by atoms with E-state index in [1.165, 1.54) is 0 Å². The van der Waals surface area contributed by atoms with Crippen molar-refractivity contribution in [2.24, 2.45) is 5.73 Å². The molecule has 2 aliphatic rings. The van der Waals surface area contributed by atoms with Crippen molar-refractivity contribution in [3.63, 3.8) is 0 Å². The first-order valence-electron chi connectivity index (χ1n) is 5.34. The lowest BCUT2D eigenvalue weighted by atomic mass is 10.1. The molecule has 2 rings (SSSR count). The second-order valence-corrected chi connectivity index (χ2v) is 4.36. The largest absolute Gasteiger partial charge is 0.378 e. The van der Waals surface area contributed by atoms with Crippen LogP contribution < -0.4 is 5.73 Å². The highest BCUT2D eigenvalue weighted by Gasteiger charge is 2.38. The summed E-state index contributed by atoms with van der Waals surface area (Å²) >= 11 is 0. The minimum Gasteiger partial charge on any atom is -0.378 e. The van der Waals surface area contributed by atoms with Crippen molar-refractivity contribution < 1.29 is 9.53 Å². The summed E-state index contributed by atoms with van der Waals surface area (Å²) in [7, 11) is 0. The molecule has 0 aromatic carbocycles. The fourth-order valence-corrected chi connectivity index (χ4v) is 1.74. The third kappa shape index (κ3) is 2.45. The lowest BCUT2D eigenvalue weighted by Gasteiger charge is -2.27. The van der Waals surface area contributed by atoms with E-state index in [2.05, 4.69) is 0 Å². The number of ether oxygens (including phenoxy) is 1. The van der Waals surface area contributed by atoms with Crippen LogP contribution in [0.25, 0.3) is 0 Å². The number of carbonyl (C=O) groups is 1. The maximum atomic E-state index is 11.7. The topological polar surface area (TPSA) is 55.6 Å². The van der Waals surface area contributed by atoms with Crippen LogP contribution in [0, 0.1) is 0 Å². The number of hydrogen-bond acceptors (Lipinski definition) is 3. The highest BCUT2D eigenvalue weighted by molar-refractivity contribution is 5.76. The molecular formula is C10H18N2O2. The molecule has 0 aromatic heterocycles. The first kappa shape index (κ1) is 9.93. The molecule has 0 bridgehead atoms. The Hall–Kier alpha value is -0.610. The number of rotatable bonds is 3. The Balaban J connectivity index is 1.71. The number of amides is 1. The predicted molar refractivity (Wildman–Crippen MR) is 52.8 cm³/mol. The van der Waals surface area contributed by atoms with Gasteiger partial charge in [-0.2, -0.15) is 0 Å². The van der Waals surface area contributed by atoms with Crippen LogP contribution in [0.4, 0.5) is 0 Å². The molecule has 1 aliphatic heterocycles. The number of nitrogens with zero attached hydrogens (tertiary/aromatic N) is 1. The second kappa shape index (κ2) is 3.87. The Kier molecular flexibility index (Phi) is 2.74. The van der Waals surface area contributed by atoms with E-state index in [0.717, 1.165) is 32.4 Å². The highest BCUT2D eigenvalue weighted by Crippen LogP contribution is 2.36. The van der Waals surface area contributed by atoms with Crippen LogP contribution in [0.5, 0.6) is 0 Å². The number of carbonyl (C=O) groups excluding carboxylic acids is 1. The average molecular weight is 198 g/mol. The molecule has 0 radical (unpaired) electrons. The van der Waals surface area contributed by atoms with Crippen molar-refractivity contribution in [3.8, 4) is 0 Å². The smallest absolute Gasteiger partial charge is 0.222 e. The molecular weight excluding hydrogens is 180 g/mol. The number of morpholine rings is 1. The van der Waals surface area contributed by atoms with Crippen molar-refractivity contribution in [3.05, 3.63) is 0 Å². The minimum absolute atomic E-state index is 0.00193. The molecule has 2 N–H and O–H groups in total. The first-order valence-corrected chi connectivity index (χ1v) is 5.34. The third-order valence-corrected chi connectivity index (χ3v) is 3.09. The van der Waals surface area contributed by atoms with Gasteiger partial charge in [0.25, 0.3) is 0 Å². The molecule has 0 atom stereocenters. The van der Waals surface area contributed by atoms with Crippen molar-refractivity contribution >= 4 is 5.91 Å². The summed E-state index contributed by atoms with van der Waals surface area (Å²) in [6.07, 6.45) is 3.63. The minimum atomic E-state index is 0.00193. The van der Waals surface area contributed by atoms with E-state index in [1.807, 2.05) is 4.90 Å². The van der Waals surface area contributed by atoms with E-state index in [0.29, 0.717) is 19.6 Å². The molecule has 4 heteroatoms. The van der Waals surface area contributed by atoms with E-state index < -0.39 is 0 Å². The summed E-state index contributed by atoms with van der Waals surface area (Å²) in [5.74, 6) is 0.241. The molecule has 1 heterocycles. The summed E-state index contributed by atoms with van der Waals surface area (Å²) < 4.78 is 5.19. The number of hydrogen-bond donors (Lipinski definition) is 1. The standard InChI is InChI=1S/C10H18N2O2/c11-10(3-4-10)2-1-9(13)12-5-7-14-8-6-12/h1-8,11H2. The summed E-state index contributed by atoms with van der Waals surface area (Å²) in [5, 5.41) is 0. The monoisotopic (exact) mass is 198 g/mol. The van der Waals surface area contributed by atoms with Crippen LogP contribution in [0.15, 0.2) is 0 Å². The van der Waals surface area contributed by atoms with Gasteiger partial charge in [-0.05, 0) is 19.3 Å². The van der Waals surface area contributed by atoms with Gasteiger partial charge in [0.15, 0.2) is 0 Å². The van der Waals surface area contributed by atoms with Crippen LogP contribution >= 0.6 is 0 Å². The zero-order valence-electron chi connectivity index (χ0n) is 8.50. The van der Waals surface area contributed by atoms with Gasteiger partial charge in [0.05, 0.1) is 13.2 Å². The van der Waals surface area contributed by atoms with Crippen LogP contribution in [0.1, 0.15) is 25.7 Å². The average Bonchev–Trinajstić information content (AvgIpc) is 2.95. The highest BCUT2D eigenvalue weighted by atomic mass is 16.5. The first-order chi connectivity index (χ1) is 6.70. The lowest BCUT2D eigenvalue weighted by molar-refractivity contribution is -0.135. The summed E-state index contributed by atoms with van der Waals surface area (Å²) in [6.45, 7) is 2.85. The molecule has 1 amide bonds. The second-order valence-electron chi connectivity index (χ2n) is 4.36. The maximum absolute atomic E-state index is 11.7. The predicted octanol–water partition coefficient (Wildman–Crippen LogP) is 0.117. The molecule has 2 fully saturated rings. The van der Waals surface area contributed by atoms with Crippen molar-refractivity contribution in [1.82, 2.24) is 4.90 Å². The van der Waals surface area contributed by atoms with Crippen molar-refractivity contribution in [1.29, 1.82) is 0 Å². The molecule has 0 unspecified atom stereocenters. The van der Waals surface area contributed by atoms with Gasteiger partial charge in [-0.25, -0.2) is 0 Å². The molecule has 4 nitrogen and oxygen atoms in total. The fraction of sp³-hybridized carbons (Fsp3) is 0.900. The fourth-order valence-electron chi connectivity index (χ4n) is 1.74. The maximum Gasteiger partial charge on any atom is 0.222 e. The van der Waals surface area contributed by atoms with E-state index in [4.69, 9.17) is 10.5 Å². The van der Waals surface area contributed by atoms with Gasteiger partial charge >= 0.3 is 0 Å². The van der Waals surface area contributed by atoms with Gasteiger partial charge in [0.2, 0.25) is 5.91 Å². The Morgan fingerprint density at radius 1 is 1.36 bits per heavy atom. The molecule has 1 aliphatic carbocycles. The molecule has 1 saturated heterocycles. The van der Waals surface area contributed by atoms with Crippen molar-refractivity contribution in [2.75, 3.05) is 26.3 Å². The molecule has 14 heavy (non-hydrogen) atoms. The van der Waals surface area contributed by atoms with Gasteiger partial charge in [0, 0.05) is 25.0 Å². The van der Waals surface area contributed by atoms with Crippen LogP contribution in [0.3, 0.4) is 0 Å². The summed E-state index contributed by atoms with van der Waals surface area (Å²) in [5.41, 5.74) is 5.93. The molecule has 1 saturated carbocycles. The van der Waals surface area contributed by atoms with Crippen molar-refractivity contribution in [2.45, 2.75) is 31.2 Å². The van der Waals surface area contributed by atoms with E-state index in [9.17, 15) is 4.79 Å². The van der Waals surface area contributed by atoms with Crippen LogP contribution in [-0.4, -0.2) is 42.6 Å². The van der Waals surface area contributed by atoms with E-state index >= 15 is 0 Å². The molecule has 0 aromatic rings. The number of nitrogens with two attached hydrogens (primary N) is 1. The Morgan fingerprint density at radius 2 is 2.00 bits per heavy atom. The Bertz CT molecular complexity index is 220. The zero-order chi connectivity index (χ0) is 10.0. The third-order valence-electron chi connectivity index (χ3n) is 3.09. The molecule has 80 valence electrons. The Morgan fingerprint density at radius 3 is 2.57 bits per heavy atom.